The summed E-state index contributed by atoms with van der Waals surface area (Å²) in [4.78, 5) is 0. The van der Waals surface area contributed by atoms with E-state index < -0.39 is 0 Å². The van der Waals surface area contributed by atoms with Gasteiger partial charge < -0.3 is 4.74 Å². The first-order valence-corrected chi connectivity index (χ1v) is 8.19. The standard InChI is InChI=1S/C18H30N2O/c1-5-21-18(10-8-13(2)9-11-18)17(20-19)16-12-14(3)6-7-15(16)4/h6-7,12-13,17,20H,5,8-11,19H2,1-4H3. The number of benzene rings is 1. The van der Waals surface area contributed by atoms with Crippen LogP contribution in [-0.2, 0) is 4.74 Å². The first-order chi connectivity index (χ1) is 10.0. The van der Waals surface area contributed by atoms with Gasteiger partial charge in [-0.05, 0) is 63.5 Å². The van der Waals surface area contributed by atoms with Crippen LogP contribution in [0.25, 0.3) is 0 Å². The van der Waals surface area contributed by atoms with Gasteiger partial charge in [-0.1, -0.05) is 30.7 Å². The van der Waals surface area contributed by atoms with E-state index in [-0.39, 0.29) is 11.6 Å². The summed E-state index contributed by atoms with van der Waals surface area (Å²) < 4.78 is 6.28. The Hall–Kier alpha value is -0.900. The molecule has 0 radical (unpaired) electrons. The van der Waals surface area contributed by atoms with Gasteiger partial charge in [0.25, 0.3) is 0 Å². The maximum absolute atomic E-state index is 6.28. The van der Waals surface area contributed by atoms with Crippen molar-refractivity contribution < 1.29 is 4.74 Å². The molecule has 118 valence electrons. The summed E-state index contributed by atoms with van der Waals surface area (Å²) in [6.45, 7) is 9.43. The molecule has 3 nitrogen and oxygen atoms in total. The molecule has 0 bridgehead atoms. The Kier molecular flexibility index (Phi) is 5.42. The van der Waals surface area contributed by atoms with Crippen molar-refractivity contribution in [2.24, 2.45) is 11.8 Å². The van der Waals surface area contributed by atoms with E-state index in [1.807, 2.05) is 0 Å². The average Bonchev–Trinajstić information content (AvgIpc) is 2.47. The highest BCUT2D eigenvalue weighted by Crippen LogP contribution is 2.43. The molecule has 0 aromatic heterocycles. The molecule has 3 heteroatoms. The third kappa shape index (κ3) is 3.47. The first kappa shape index (κ1) is 16.5. The molecule has 0 amide bonds. The number of hydrazine groups is 1. The highest BCUT2D eigenvalue weighted by molar-refractivity contribution is 5.35. The molecule has 1 aromatic rings. The normalized spacial score (nSPS) is 27.6. The second kappa shape index (κ2) is 6.91. The quantitative estimate of drug-likeness (QED) is 0.640. The Morgan fingerprint density at radius 2 is 2.00 bits per heavy atom. The van der Waals surface area contributed by atoms with E-state index in [4.69, 9.17) is 10.6 Å². The van der Waals surface area contributed by atoms with Crippen molar-refractivity contribution >= 4 is 0 Å². The van der Waals surface area contributed by atoms with Crippen LogP contribution in [0.3, 0.4) is 0 Å². The molecule has 1 aromatic carbocycles. The molecule has 1 aliphatic rings. The molecule has 1 atom stereocenters. The van der Waals surface area contributed by atoms with Gasteiger partial charge in [0.05, 0.1) is 11.6 Å². The van der Waals surface area contributed by atoms with Crippen LogP contribution >= 0.6 is 0 Å². The molecular formula is C18H30N2O. The van der Waals surface area contributed by atoms with Crippen molar-refractivity contribution in [3.8, 4) is 0 Å². The minimum atomic E-state index is -0.172. The van der Waals surface area contributed by atoms with Crippen LogP contribution in [0.1, 0.15) is 62.3 Å². The molecule has 1 unspecified atom stereocenters. The third-order valence-corrected chi connectivity index (χ3v) is 4.99. The number of aryl methyl sites for hydroxylation is 2. The van der Waals surface area contributed by atoms with Crippen molar-refractivity contribution in [1.29, 1.82) is 0 Å². The van der Waals surface area contributed by atoms with Crippen molar-refractivity contribution in [2.75, 3.05) is 6.61 Å². The van der Waals surface area contributed by atoms with Gasteiger partial charge in [-0.15, -0.1) is 0 Å². The fourth-order valence-electron chi connectivity index (χ4n) is 3.65. The van der Waals surface area contributed by atoms with Crippen molar-refractivity contribution in [3.05, 3.63) is 34.9 Å². The zero-order chi connectivity index (χ0) is 15.5. The summed E-state index contributed by atoms with van der Waals surface area (Å²) in [6.07, 6.45) is 4.57. The Labute approximate surface area is 129 Å². The minimum Gasteiger partial charge on any atom is -0.373 e. The van der Waals surface area contributed by atoms with Crippen LogP contribution in [0.2, 0.25) is 0 Å². The highest BCUT2D eigenvalue weighted by Gasteiger charge is 2.43. The second-order valence-corrected chi connectivity index (χ2v) is 6.64. The maximum Gasteiger partial charge on any atom is 0.0889 e. The monoisotopic (exact) mass is 290 g/mol. The van der Waals surface area contributed by atoms with E-state index in [0.29, 0.717) is 0 Å². The Morgan fingerprint density at radius 1 is 1.33 bits per heavy atom. The Bertz CT molecular complexity index is 464. The molecule has 1 saturated carbocycles. The SMILES string of the molecule is CCOC1(C(NN)c2cc(C)ccc2C)CCC(C)CC1. The second-order valence-electron chi connectivity index (χ2n) is 6.64. The van der Waals surface area contributed by atoms with Gasteiger partial charge in [-0.2, -0.15) is 0 Å². The fraction of sp³-hybridized carbons (Fsp3) is 0.667. The highest BCUT2D eigenvalue weighted by atomic mass is 16.5. The largest absolute Gasteiger partial charge is 0.373 e. The fourth-order valence-corrected chi connectivity index (χ4v) is 3.65. The molecule has 0 saturated heterocycles. The lowest BCUT2D eigenvalue weighted by molar-refractivity contribution is -0.0978. The molecule has 0 heterocycles. The van der Waals surface area contributed by atoms with Gasteiger partial charge in [0.2, 0.25) is 0 Å². The topological polar surface area (TPSA) is 47.3 Å². The van der Waals surface area contributed by atoms with Crippen molar-refractivity contribution in [1.82, 2.24) is 5.43 Å². The van der Waals surface area contributed by atoms with Gasteiger partial charge in [-0.3, -0.25) is 11.3 Å². The number of nitrogens with two attached hydrogens (primary N) is 1. The zero-order valence-corrected chi connectivity index (χ0v) is 13.9. The lowest BCUT2D eigenvalue weighted by Gasteiger charge is -2.45. The number of ether oxygens (including phenoxy) is 1. The van der Waals surface area contributed by atoms with Crippen LogP contribution in [0.15, 0.2) is 18.2 Å². The number of hydrogen-bond acceptors (Lipinski definition) is 3. The van der Waals surface area contributed by atoms with Crippen LogP contribution in [0.5, 0.6) is 0 Å². The molecule has 3 N–H and O–H groups in total. The zero-order valence-electron chi connectivity index (χ0n) is 13.9. The lowest BCUT2D eigenvalue weighted by atomic mass is 9.73. The molecular weight excluding hydrogens is 260 g/mol. The van der Waals surface area contributed by atoms with E-state index in [0.717, 1.165) is 25.4 Å². The molecule has 21 heavy (non-hydrogen) atoms. The van der Waals surface area contributed by atoms with E-state index >= 15 is 0 Å². The summed E-state index contributed by atoms with van der Waals surface area (Å²) in [5, 5.41) is 0. The van der Waals surface area contributed by atoms with Crippen LogP contribution in [0, 0.1) is 19.8 Å². The molecule has 0 spiro atoms. The van der Waals surface area contributed by atoms with E-state index in [9.17, 15) is 0 Å². The van der Waals surface area contributed by atoms with Crippen molar-refractivity contribution in [3.63, 3.8) is 0 Å². The average molecular weight is 290 g/mol. The molecule has 2 rings (SSSR count). The van der Waals surface area contributed by atoms with E-state index in [1.165, 1.54) is 29.5 Å². The smallest absolute Gasteiger partial charge is 0.0889 e. The first-order valence-electron chi connectivity index (χ1n) is 8.19. The lowest BCUT2D eigenvalue weighted by Crippen LogP contribution is -2.50. The van der Waals surface area contributed by atoms with Crippen LogP contribution in [0.4, 0.5) is 0 Å². The molecule has 1 fully saturated rings. The predicted octanol–water partition coefficient (Wildman–Crippen LogP) is 3.79. The van der Waals surface area contributed by atoms with E-state index in [1.54, 1.807) is 0 Å². The molecule has 1 aliphatic carbocycles. The summed E-state index contributed by atoms with van der Waals surface area (Å²) in [5.74, 6) is 6.76. The third-order valence-electron chi connectivity index (χ3n) is 4.99. The summed E-state index contributed by atoms with van der Waals surface area (Å²) in [6, 6.07) is 6.64. The molecule has 0 aliphatic heterocycles. The van der Waals surface area contributed by atoms with Gasteiger partial charge >= 0.3 is 0 Å². The van der Waals surface area contributed by atoms with Crippen LogP contribution in [-0.4, -0.2) is 12.2 Å². The number of nitrogens with one attached hydrogen (secondary N) is 1. The maximum atomic E-state index is 6.28. The van der Waals surface area contributed by atoms with Crippen molar-refractivity contribution in [2.45, 2.75) is 65.0 Å². The number of hydrogen-bond donors (Lipinski definition) is 2. The van der Waals surface area contributed by atoms with Gasteiger partial charge in [0.15, 0.2) is 0 Å². The Morgan fingerprint density at radius 3 is 2.57 bits per heavy atom. The predicted molar refractivity (Wildman–Crippen MR) is 88.0 cm³/mol. The Balaban J connectivity index is 2.38. The minimum absolute atomic E-state index is 0.0600. The van der Waals surface area contributed by atoms with Gasteiger partial charge in [-0.25, -0.2) is 0 Å². The summed E-state index contributed by atoms with van der Waals surface area (Å²) in [5.41, 5.74) is 6.73. The van der Waals surface area contributed by atoms with Gasteiger partial charge in [0, 0.05) is 6.61 Å². The van der Waals surface area contributed by atoms with E-state index in [2.05, 4.69) is 51.3 Å². The summed E-state index contributed by atoms with van der Waals surface area (Å²) >= 11 is 0. The number of rotatable bonds is 5. The van der Waals surface area contributed by atoms with Gasteiger partial charge in [0.1, 0.15) is 0 Å². The van der Waals surface area contributed by atoms with Crippen LogP contribution < -0.4 is 11.3 Å². The summed E-state index contributed by atoms with van der Waals surface area (Å²) in [7, 11) is 0.